The third-order valence-corrected chi connectivity index (χ3v) is 10.5. The topological polar surface area (TPSA) is 66.5 Å². The van der Waals surface area contributed by atoms with Crippen molar-refractivity contribution >= 4 is 74.1 Å². The highest BCUT2D eigenvalue weighted by molar-refractivity contribution is 9.10. The van der Waals surface area contributed by atoms with Gasteiger partial charge in [-0.05, 0) is 62.3 Å². The number of carbonyl (C=O) groups is 3. The van der Waals surface area contributed by atoms with Gasteiger partial charge in [-0.25, -0.2) is 0 Å². The number of hydrogen-bond acceptors (Lipinski definition) is 3. The van der Waals surface area contributed by atoms with Gasteiger partial charge in [0.2, 0.25) is 17.7 Å². The number of imide groups is 1. The van der Waals surface area contributed by atoms with Gasteiger partial charge in [0.1, 0.15) is 15.8 Å². The molecule has 1 fully saturated rings. The number of anilines is 1. The molecule has 3 atom stereocenters. The maximum atomic E-state index is 14.3. The quantitative estimate of drug-likeness (QED) is 0.259. The highest BCUT2D eigenvalue weighted by Gasteiger charge is 2.73. The number of rotatable bonds is 4. The average molecular weight is 633 g/mol. The molecule has 1 N–H and O–H groups in total. The normalized spacial score (nSPS) is 27.7. The Labute approximate surface area is 243 Å². The second-order valence-corrected chi connectivity index (χ2v) is 12.8. The van der Waals surface area contributed by atoms with Crippen LogP contribution in [0.4, 0.5) is 5.69 Å². The number of halogens is 4. The molecule has 1 heterocycles. The van der Waals surface area contributed by atoms with Crippen molar-refractivity contribution in [2.24, 2.45) is 17.8 Å². The second kappa shape index (κ2) is 8.82. The van der Waals surface area contributed by atoms with E-state index in [1.165, 1.54) is 0 Å². The molecule has 194 valence electrons. The molecule has 0 aromatic heterocycles. The minimum absolute atomic E-state index is 0.381. The van der Waals surface area contributed by atoms with Gasteiger partial charge in [-0.1, -0.05) is 74.0 Å². The van der Waals surface area contributed by atoms with E-state index in [1.807, 2.05) is 48.5 Å². The Hall–Kier alpha value is -2.38. The summed E-state index contributed by atoms with van der Waals surface area (Å²) in [5.41, 5.74) is 3.32. The fourth-order valence-electron chi connectivity index (χ4n) is 6.47. The number of carbonyl (C=O) groups excluding carboxylic acids is 3. The van der Waals surface area contributed by atoms with Gasteiger partial charge in [0.25, 0.3) is 0 Å². The molecule has 9 heteroatoms. The number of benzene rings is 3. The zero-order valence-corrected chi connectivity index (χ0v) is 24.2. The number of amides is 3. The van der Waals surface area contributed by atoms with Crippen molar-refractivity contribution in [2.45, 2.75) is 29.6 Å². The fourth-order valence-corrected chi connectivity index (χ4v) is 8.00. The van der Waals surface area contributed by atoms with Gasteiger partial charge < -0.3 is 5.32 Å². The summed E-state index contributed by atoms with van der Waals surface area (Å²) in [6.07, 6.45) is 0. The summed E-state index contributed by atoms with van der Waals surface area (Å²) < 4.78 is 0.681. The Balaban J connectivity index is 1.47. The molecule has 1 aliphatic heterocycles. The Bertz CT molecular complexity index is 1420. The molecule has 7 rings (SSSR count). The number of likely N-dealkylation sites (tertiary alicyclic amines) is 1. The summed E-state index contributed by atoms with van der Waals surface area (Å²) >= 11 is 24.5. The lowest BCUT2D eigenvalue weighted by atomic mass is 9.54. The van der Waals surface area contributed by atoms with Crippen molar-refractivity contribution in [3.05, 3.63) is 98.5 Å². The van der Waals surface area contributed by atoms with E-state index in [-0.39, 0.29) is 5.92 Å². The molecule has 5 nitrogen and oxygen atoms in total. The van der Waals surface area contributed by atoms with Gasteiger partial charge in [0.05, 0.1) is 16.9 Å². The molecular weight excluding hydrogens is 611 g/mol. The van der Waals surface area contributed by atoms with Crippen LogP contribution in [0.15, 0.2) is 71.2 Å². The Morgan fingerprint density at radius 2 is 1.32 bits per heavy atom. The monoisotopic (exact) mass is 630 g/mol. The van der Waals surface area contributed by atoms with Crippen LogP contribution in [0.2, 0.25) is 5.02 Å². The zero-order chi connectivity index (χ0) is 27.1. The summed E-state index contributed by atoms with van der Waals surface area (Å²) in [6, 6.07) is 18.8. The molecule has 2 bridgehead atoms. The second-order valence-electron chi connectivity index (χ2n) is 10.3. The fraction of sp³-hybridized carbons (Fsp3) is 0.276. The molecule has 0 saturated carbocycles. The minimum Gasteiger partial charge on any atom is -0.324 e. The molecule has 0 unspecified atom stereocenters. The van der Waals surface area contributed by atoms with Crippen LogP contribution >= 0.6 is 50.7 Å². The molecule has 3 aromatic rings. The summed E-state index contributed by atoms with van der Waals surface area (Å²) in [4.78, 5) is 40.7. The highest BCUT2D eigenvalue weighted by Crippen LogP contribution is 2.69. The summed E-state index contributed by atoms with van der Waals surface area (Å²) in [5.74, 6) is -3.79. The van der Waals surface area contributed by atoms with Crippen molar-refractivity contribution < 1.29 is 14.4 Å². The molecule has 38 heavy (non-hydrogen) atoms. The van der Waals surface area contributed by atoms with Crippen molar-refractivity contribution in [2.75, 3.05) is 5.32 Å². The number of hydrogen-bond donors (Lipinski definition) is 1. The number of nitrogens with zero attached hydrogens (tertiary/aromatic N) is 1. The predicted octanol–water partition coefficient (Wildman–Crippen LogP) is 6.66. The molecule has 3 aliphatic carbocycles. The van der Waals surface area contributed by atoms with Crippen LogP contribution in [-0.2, 0) is 24.1 Å². The highest BCUT2D eigenvalue weighted by atomic mass is 79.9. The lowest BCUT2D eigenvalue weighted by Crippen LogP contribution is -2.57. The van der Waals surface area contributed by atoms with Crippen molar-refractivity contribution in [1.82, 2.24) is 4.90 Å². The number of nitrogens with one attached hydrogen (secondary N) is 1. The van der Waals surface area contributed by atoms with E-state index in [1.54, 1.807) is 32.0 Å². The van der Waals surface area contributed by atoms with Gasteiger partial charge >= 0.3 is 0 Å². The van der Waals surface area contributed by atoms with Crippen molar-refractivity contribution in [1.29, 1.82) is 0 Å². The standard InChI is InChI=1S/C29H22BrCl3N2O3/c1-14(2)24(25(36)34-15-11-12-20(30)21(31)13-15)35-26(37)22-23(27(35)38)29(33)17-8-4-3-7-16(17)28(22,32)18-9-5-6-10-19(18)29/h3-14,22-24H,1-2H3,(H,34,36)/t22-,23-,24-,28?,29?/m0/s1. The van der Waals surface area contributed by atoms with E-state index in [9.17, 15) is 14.4 Å². The first-order valence-corrected chi connectivity index (χ1v) is 14.2. The summed E-state index contributed by atoms with van der Waals surface area (Å²) in [7, 11) is 0. The van der Waals surface area contributed by atoms with E-state index < -0.39 is 45.3 Å². The van der Waals surface area contributed by atoms with Crippen molar-refractivity contribution in [3.8, 4) is 0 Å². The SMILES string of the molecule is CC(C)[C@@H](C(=O)Nc1ccc(Br)c(Cl)c1)N1C(=O)[C@@H]2[C@@H](C1=O)C1(Cl)c3ccccc3C2(Cl)c2ccccc21. The van der Waals surface area contributed by atoms with E-state index in [0.717, 1.165) is 27.2 Å². The molecule has 0 radical (unpaired) electrons. The van der Waals surface area contributed by atoms with Gasteiger partial charge in [0.15, 0.2) is 0 Å². The van der Waals surface area contributed by atoms with Gasteiger partial charge in [-0.3, -0.25) is 19.3 Å². The van der Waals surface area contributed by atoms with Gasteiger partial charge in [0, 0.05) is 10.2 Å². The first-order chi connectivity index (χ1) is 18.0. The van der Waals surface area contributed by atoms with Crippen LogP contribution in [0.1, 0.15) is 36.1 Å². The molecule has 3 aromatic carbocycles. The lowest BCUT2D eigenvalue weighted by molar-refractivity contribution is -0.148. The van der Waals surface area contributed by atoms with Crippen molar-refractivity contribution in [3.63, 3.8) is 0 Å². The Morgan fingerprint density at radius 3 is 1.71 bits per heavy atom. The van der Waals surface area contributed by atoms with Crippen LogP contribution in [-0.4, -0.2) is 28.7 Å². The first-order valence-electron chi connectivity index (χ1n) is 12.2. The summed E-state index contributed by atoms with van der Waals surface area (Å²) in [5, 5.41) is 3.25. The zero-order valence-electron chi connectivity index (χ0n) is 20.3. The smallest absolute Gasteiger partial charge is 0.247 e. The van der Waals surface area contributed by atoms with E-state index in [4.69, 9.17) is 34.8 Å². The van der Waals surface area contributed by atoms with Crippen LogP contribution in [0.3, 0.4) is 0 Å². The average Bonchev–Trinajstić information content (AvgIpc) is 3.16. The Kier molecular flexibility index (Phi) is 6.00. The molecule has 4 aliphatic rings. The minimum atomic E-state index is -1.30. The third-order valence-electron chi connectivity index (χ3n) is 7.98. The largest absolute Gasteiger partial charge is 0.324 e. The van der Waals surface area contributed by atoms with E-state index in [2.05, 4.69) is 21.2 Å². The maximum Gasteiger partial charge on any atom is 0.247 e. The molecule has 3 amide bonds. The summed E-state index contributed by atoms with van der Waals surface area (Å²) in [6.45, 7) is 3.60. The van der Waals surface area contributed by atoms with E-state index >= 15 is 0 Å². The Morgan fingerprint density at radius 1 is 0.868 bits per heavy atom. The molecule has 0 spiro atoms. The van der Waals surface area contributed by atoms with Crippen LogP contribution in [0.5, 0.6) is 0 Å². The third kappa shape index (κ3) is 3.27. The van der Waals surface area contributed by atoms with E-state index in [0.29, 0.717) is 15.2 Å². The van der Waals surface area contributed by atoms with Gasteiger partial charge in [-0.15, -0.1) is 23.2 Å². The van der Waals surface area contributed by atoms with Crippen LogP contribution < -0.4 is 5.32 Å². The molecule has 1 saturated heterocycles. The maximum absolute atomic E-state index is 14.3. The van der Waals surface area contributed by atoms with Crippen LogP contribution in [0.25, 0.3) is 0 Å². The van der Waals surface area contributed by atoms with Crippen LogP contribution in [0, 0.1) is 17.8 Å². The number of alkyl halides is 2. The first kappa shape index (κ1) is 25.9. The molecular formula is C29H22BrCl3N2O3. The van der Waals surface area contributed by atoms with Gasteiger partial charge in [-0.2, -0.15) is 0 Å². The predicted molar refractivity (Wildman–Crippen MR) is 151 cm³/mol. The lowest BCUT2D eigenvalue weighted by Gasteiger charge is -2.54.